The standard InChI is InChI=1S/C11H16F3NO2/c1-3-4-9(16)10-7(2)17-15-8(10)5-6-11(12,13)14/h9,16H,3-6H2,1-2H3. The fraction of sp³-hybridized carbons (Fsp3) is 0.727. The SMILES string of the molecule is CCCC(O)c1c(CCC(F)(F)F)noc1C. The van der Waals surface area contributed by atoms with Crippen LogP contribution in [0.15, 0.2) is 4.52 Å². The van der Waals surface area contributed by atoms with E-state index in [1.54, 1.807) is 6.92 Å². The highest BCUT2D eigenvalue weighted by atomic mass is 19.4. The zero-order valence-electron chi connectivity index (χ0n) is 9.84. The number of alkyl halides is 3. The number of halogens is 3. The largest absolute Gasteiger partial charge is 0.389 e. The topological polar surface area (TPSA) is 46.3 Å². The van der Waals surface area contributed by atoms with Crippen molar-refractivity contribution in [3.05, 3.63) is 17.0 Å². The Bertz CT molecular complexity index is 360. The molecule has 98 valence electrons. The monoisotopic (exact) mass is 251 g/mol. The van der Waals surface area contributed by atoms with Gasteiger partial charge in [0.05, 0.1) is 11.8 Å². The number of nitrogens with zero attached hydrogens (tertiary/aromatic N) is 1. The average Bonchev–Trinajstić information content (AvgIpc) is 2.56. The molecule has 0 amide bonds. The predicted octanol–water partition coefficient (Wildman–Crippen LogP) is 3.31. The molecule has 17 heavy (non-hydrogen) atoms. The maximum atomic E-state index is 12.1. The molecule has 6 heteroatoms. The first-order valence-corrected chi connectivity index (χ1v) is 5.55. The molecule has 1 rings (SSSR count). The van der Waals surface area contributed by atoms with Crippen molar-refractivity contribution in [1.82, 2.24) is 5.16 Å². The third kappa shape index (κ3) is 4.03. The summed E-state index contributed by atoms with van der Waals surface area (Å²) in [6.07, 6.45) is -5.00. The summed E-state index contributed by atoms with van der Waals surface area (Å²) in [6, 6.07) is 0. The van der Waals surface area contributed by atoms with Crippen molar-refractivity contribution in [3.63, 3.8) is 0 Å². The zero-order chi connectivity index (χ0) is 13.1. The van der Waals surface area contributed by atoms with E-state index in [-0.39, 0.29) is 12.1 Å². The Morgan fingerprint density at radius 1 is 1.41 bits per heavy atom. The van der Waals surface area contributed by atoms with Crippen LogP contribution in [-0.4, -0.2) is 16.4 Å². The maximum absolute atomic E-state index is 12.1. The van der Waals surface area contributed by atoms with Gasteiger partial charge in [0.1, 0.15) is 5.76 Å². The van der Waals surface area contributed by atoms with Gasteiger partial charge < -0.3 is 9.63 Å². The summed E-state index contributed by atoms with van der Waals surface area (Å²) in [5.74, 6) is 0.392. The predicted molar refractivity (Wildman–Crippen MR) is 55.5 cm³/mol. The number of aryl methyl sites for hydroxylation is 2. The van der Waals surface area contributed by atoms with Gasteiger partial charge in [-0.3, -0.25) is 0 Å². The van der Waals surface area contributed by atoms with Gasteiger partial charge in [0.2, 0.25) is 0 Å². The molecule has 0 saturated heterocycles. The molecule has 0 spiro atoms. The Balaban J connectivity index is 2.79. The zero-order valence-corrected chi connectivity index (χ0v) is 9.84. The van der Waals surface area contributed by atoms with Crippen molar-refractivity contribution in [2.75, 3.05) is 0 Å². The van der Waals surface area contributed by atoms with Gasteiger partial charge in [-0.2, -0.15) is 13.2 Å². The van der Waals surface area contributed by atoms with Crippen LogP contribution < -0.4 is 0 Å². The van der Waals surface area contributed by atoms with Crippen LogP contribution in [0, 0.1) is 6.92 Å². The summed E-state index contributed by atoms with van der Waals surface area (Å²) in [6.45, 7) is 3.49. The van der Waals surface area contributed by atoms with Crippen LogP contribution in [0.4, 0.5) is 13.2 Å². The average molecular weight is 251 g/mol. The third-order valence-corrected chi connectivity index (χ3v) is 2.52. The van der Waals surface area contributed by atoms with E-state index in [2.05, 4.69) is 5.16 Å². The minimum Gasteiger partial charge on any atom is -0.388 e. The van der Waals surface area contributed by atoms with Gasteiger partial charge in [0.25, 0.3) is 0 Å². The van der Waals surface area contributed by atoms with E-state index in [4.69, 9.17) is 4.52 Å². The minimum atomic E-state index is -4.22. The van der Waals surface area contributed by atoms with Crippen LogP contribution in [-0.2, 0) is 6.42 Å². The van der Waals surface area contributed by atoms with Crippen LogP contribution in [0.2, 0.25) is 0 Å². The minimum absolute atomic E-state index is 0.209. The van der Waals surface area contributed by atoms with Gasteiger partial charge in [-0.05, 0) is 13.3 Å². The van der Waals surface area contributed by atoms with Crippen molar-refractivity contribution < 1.29 is 22.8 Å². The highest BCUT2D eigenvalue weighted by Crippen LogP contribution is 2.29. The van der Waals surface area contributed by atoms with E-state index in [9.17, 15) is 18.3 Å². The molecule has 1 aromatic rings. The Labute approximate surface area is 97.6 Å². The van der Waals surface area contributed by atoms with Crippen LogP contribution >= 0.6 is 0 Å². The Morgan fingerprint density at radius 2 is 2.06 bits per heavy atom. The van der Waals surface area contributed by atoms with Gasteiger partial charge in [-0.1, -0.05) is 18.5 Å². The molecule has 0 saturated carbocycles. The highest BCUT2D eigenvalue weighted by Gasteiger charge is 2.29. The van der Waals surface area contributed by atoms with E-state index < -0.39 is 18.7 Å². The molecule has 1 unspecified atom stereocenters. The van der Waals surface area contributed by atoms with Gasteiger partial charge >= 0.3 is 6.18 Å². The summed E-state index contributed by atoms with van der Waals surface area (Å²) in [5.41, 5.74) is 0.622. The van der Waals surface area contributed by atoms with Crippen molar-refractivity contribution in [1.29, 1.82) is 0 Å². The van der Waals surface area contributed by atoms with Gasteiger partial charge in [0.15, 0.2) is 0 Å². The van der Waals surface area contributed by atoms with Crippen molar-refractivity contribution in [3.8, 4) is 0 Å². The van der Waals surface area contributed by atoms with Crippen molar-refractivity contribution >= 4 is 0 Å². The van der Waals surface area contributed by atoms with E-state index in [1.165, 1.54) is 0 Å². The number of aliphatic hydroxyl groups is 1. The fourth-order valence-electron chi connectivity index (χ4n) is 1.71. The van der Waals surface area contributed by atoms with Crippen LogP contribution in [0.1, 0.15) is 49.3 Å². The van der Waals surface area contributed by atoms with Crippen molar-refractivity contribution in [2.24, 2.45) is 0 Å². The molecular formula is C11H16F3NO2. The fourth-order valence-corrected chi connectivity index (χ4v) is 1.71. The molecule has 0 aliphatic heterocycles. The highest BCUT2D eigenvalue weighted by molar-refractivity contribution is 5.25. The molecule has 0 radical (unpaired) electrons. The molecule has 0 bridgehead atoms. The molecule has 0 aromatic carbocycles. The summed E-state index contributed by atoms with van der Waals surface area (Å²) >= 11 is 0. The Kier molecular flexibility index (Phi) is 4.56. The number of aliphatic hydroxyl groups excluding tert-OH is 1. The lowest BCUT2D eigenvalue weighted by Gasteiger charge is -2.10. The van der Waals surface area contributed by atoms with E-state index in [1.807, 2.05) is 6.92 Å². The smallest absolute Gasteiger partial charge is 0.388 e. The second kappa shape index (κ2) is 5.53. The van der Waals surface area contributed by atoms with Gasteiger partial charge in [0, 0.05) is 18.4 Å². The van der Waals surface area contributed by atoms with Crippen LogP contribution in [0.3, 0.4) is 0 Å². The molecule has 3 nitrogen and oxygen atoms in total. The second-order valence-electron chi connectivity index (χ2n) is 4.02. The molecule has 1 N–H and O–H groups in total. The molecular weight excluding hydrogens is 235 g/mol. The lowest BCUT2D eigenvalue weighted by molar-refractivity contribution is -0.134. The summed E-state index contributed by atoms with van der Waals surface area (Å²) in [5, 5.41) is 13.4. The Morgan fingerprint density at radius 3 is 2.59 bits per heavy atom. The summed E-state index contributed by atoms with van der Waals surface area (Å²) < 4.78 is 41.2. The number of hydrogen-bond donors (Lipinski definition) is 1. The summed E-state index contributed by atoms with van der Waals surface area (Å²) in [4.78, 5) is 0. The van der Waals surface area contributed by atoms with E-state index >= 15 is 0 Å². The molecule has 1 aromatic heterocycles. The molecule has 1 heterocycles. The van der Waals surface area contributed by atoms with Crippen molar-refractivity contribution in [2.45, 2.75) is 51.8 Å². The summed E-state index contributed by atoms with van der Waals surface area (Å²) in [7, 11) is 0. The maximum Gasteiger partial charge on any atom is 0.389 e. The lowest BCUT2D eigenvalue weighted by atomic mass is 10.0. The van der Waals surface area contributed by atoms with Crippen LogP contribution in [0.5, 0.6) is 0 Å². The first kappa shape index (κ1) is 14.0. The normalized spacial score (nSPS) is 14.0. The van der Waals surface area contributed by atoms with Gasteiger partial charge in [-0.25, -0.2) is 0 Å². The first-order valence-electron chi connectivity index (χ1n) is 5.55. The molecule has 0 aliphatic rings. The van der Waals surface area contributed by atoms with Crippen LogP contribution in [0.25, 0.3) is 0 Å². The van der Waals surface area contributed by atoms with E-state index in [0.717, 1.165) is 6.42 Å². The van der Waals surface area contributed by atoms with E-state index in [0.29, 0.717) is 17.7 Å². The molecule has 1 atom stereocenters. The molecule has 0 fully saturated rings. The first-order chi connectivity index (χ1) is 7.85. The number of aromatic nitrogens is 1. The quantitative estimate of drug-likeness (QED) is 0.873. The van der Waals surface area contributed by atoms with Gasteiger partial charge in [-0.15, -0.1) is 0 Å². The second-order valence-corrected chi connectivity index (χ2v) is 4.02. The lowest BCUT2D eigenvalue weighted by Crippen LogP contribution is -2.10. The number of hydrogen-bond acceptors (Lipinski definition) is 3. The third-order valence-electron chi connectivity index (χ3n) is 2.52. The molecule has 0 aliphatic carbocycles. The number of rotatable bonds is 5. The Hall–Kier alpha value is -1.04.